The molecule has 0 saturated carbocycles. The van der Waals surface area contributed by atoms with E-state index in [0.29, 0.717) is 13.2 Å². The minimum Gasteiger partial charge on any atom is -0.399 e. The Balaban J connectivity index is 1.63. The molecule has 21 heavy (non-hydrogen) atoms. The maximum Gasteiger partial charge on any atom is 0.158 e. The van der Waals surface area contributed by atoms with Gasteiger partial charge in [0.15, 0.2) is 5.78 Å². The number of benzene rings is 1. The van der Waals surface area contributed by atoms with Gasteiger partial charge in [0.25, 0.3) is 0 Å². The second-order valence-electron chi connectivity index (χ2n) is 5.93. The molecule has 0 radical (unpaired) electrons. The molecule has 2 heterocycles. The van der Waals surface area contributed by atoms with E-state index in [1.807, 2.05) is 30.3 Å². The van der Waals surface area contributed by atoms with Crippen molar-refractivity contribution in [2.45, 2.75) is 24.9 Å². The van der Waals surface area contributed by atoms with Crippen LogP contribution in [0.5, 0.6) is 0 Å². The number of carbonyl (C=O) groups excluding carboxylic acids is 1. The summed E-state index contributed by atoms with van der Waals surface area (Å²) in [5.74, 6) is 0.229. The third-order valence-corrected chi connectivity index (χ3v) is 4.34. The molecule has 1 aromatic carbocycles. The van der Waals surface area contributed by atoms with Crippen LogP contribution >= 0.6 is 0 Å². The van der Waals surface area contributed by atoms with Crippen molar-refractivity contribution < 1.29 is 14.3 Å². The van der Waals surface area contributed by atoms with E-state index in [4.69, 9.17) is 15.2 Å². The summed E-state index contributed by atoms with van der Waals surface area (Å²) in [7, 11) is 0. The van der Waals surface area contributed by atoms with Gasteiger partial charge in [0.1, 0.15) is 0 Å². The van der Waals surface area contributed by atoms with E-state index in [1.54, 1.807) is 6.08 Å². The molecule has 0 aromatic heterocycles. The summed E-state index contributed by atoms with van der Waals surface area (Å²) in [4.78, 5) is 12.4. The highest BCUT2D eigenvalue weighted by atomic mass is 16.6. The Hall–Kier alpha value is -1.65. The molecule has 1 spiro atoms. The van der Waals surface area contributed by atoms with E-state index in [0.717, 1.165) is 37.1 Å². The molecule has 3 rings (SSSR count). The maximum absolute atomic E-state index is 12.4. The lowest BCUT2D eigenvalue weighted by molar-refractivity contribution is -0.132. The van der Waals surface area contributed by atoms with Gasteiger partial charge in [0, 0.05) is 31.2 Å². The zero-order chi connectivity index (χ0) is 14.7. The Morgan fingerprint density at radius 3 is 2.81 bits per heavy atom. The highest BCUT2D eigenvalue weighted by Crippen LogP contribution is 2.36. The number of rotatable bonds is 3. The lowest BCUT2D eigenvalue weighted by atomic mass is 9.83. The lowest BCUT2D eigenvalue weighted by Crippen LogP contribution is -2.42. The highest BCUT2D eigenvalue weighted by molar-refractivity contribution is 5.95. The van der Waals surface area contributed by atoms with Gasteiger partial charge in [-0.3, -0.25) is 4.79 Å². The number of hydrogen-bond donors (Lipinski definition) is 1. The van der Waals surface area contributed by atoms with E-state index >= 15 is 0 Å². The average Bonchev–Trinajstić information content (AvgIpc) is 2.94. The van der Waals surface area contributed by atoms with Gasteiger partial charge in [0.05, 0.1) is 12.2 Å². The minimum atomic E-state index is -0.215. The van der Waals surface area contributed by atoms with E-state index < -0.39 is 0 Å². The van der Waals surface area contributed by atoms with Gasteiger partial charge < -0.3 is 15.2 Å². The van der Waals surface area contributed by atoms with Crippen molar-refractivity contribution in [2.75, 3.05) is 25.6 Å². The van der Waals surface area contributed by atoms with Crippen molar-refractivity contribution in [3.8, 4) is 0 Å². The second-order valence-corrected chi connectivity index (χ2v) is 5.93. The molecule has 2 unspecified atom stereocenters. The van der Waals surface area contributed by atoms with Gasteiger partial charge in [-0.25, -0.2) is 0 Å². The average molecular weight is 287 g/mol. The smallest absolute Gasteiger partial charge is 0.158 e. The number of hydrogen-bond acceptors (Lipinski definition) is 4. The standard InChI is InChI=1S/C17H21NO3/c18-15-4-1-13(2-5-15)3-6-16(19)14-7-9-21-17(11-14)8-10-20-12-17/h1-6,14H,7-12,18H2/b6-3+. The normalized spacial score (nSPS) is 29.2. The fourth-order valence-corrected chi connectivity index (χ4v) is 3.06. The summed E-state index contributed by atoms with van der Waals surface area (Å²) in [6, 6.07) is 7.50. The largest absolute Gasteiger partial charge is 0.399 e. The summed E-state index contributed by atoms with van der Waals surface area (Å²) in [5, 5.41) is 0. The van der Waals surface area contributed by atoms with Gasteiger partial charge in [-0.2, -0.15) is 0 Å². The monoisotopic (exact) mass is 287 g/mol. The van der Waals surface area contributed by atoms with Crippen molar-refractivity contribution in [3.05, 3.63) is 35.9 Å². The van der Waals surface area contributed by atoms with Gasteiger partial charge in [0.2, 0.25) is 0 Å². The SMILES string of the molecule is Nc1ccc(/C=C/C(=O)C2CCOC3(CCOC3)C2)cc1. The first-order chi connectivity index (χ1) is 10.2. The molecule has 2 N–H and O–H groups in total. The van der Waals surface area contributed by atoms with Gasteiger partial charge >= 0.3 is 0 Å². The van der Waals surface area contributed by atoms with Gasteiger partial charge in [-0.15, -0.1) is 0 Å². The van der Waals surface area contributed by atoms with Crippen LogP contribution in [0, 0.1) is 5.92 Å². The van der Waals surface area contributed by atoms with Crippen LogP contribution in [-0.4, -0.2) is 31.2 Å². The second kappa shape index (κ2) is 6.00. The molecule has 4 nitrogen and oxygen atoms in total. The Morgan fingerprint density at radius 1 is 1.29 bits per heavy atom. The topological polar surface area (TPSA) is 61.6 Å². The fraction of sp³-hybridized carbons (Fsp3) is 0.471. The predicted octanol–water partition coefficient (Wildman–Crippen LogP) is 2.44. The summed E-state index contributed by atoms with van der Waals surface area (Å²) >= 11 is 0. The van der Waals surface area contributed by atoms with E-state index in [2.05, 4.69) is 0 Å². The Morgan fingerprint density at radius 2 is 2.10 bits per heavy atom. The molecule has 2 aliphatic rings. The van der Waals surface area contributed by atoms with Crippen molar-refractivity contribution in [3.63, 3.8) is 0 Å². The predicted molar refractivity (Wildman–Crippen MR) is 81.7 cm³/mol. The maximum atomic E-state index is 12.4. The van der Waals surface area contributed by atoms with Crippen LogP contribution in [0.15, 0.2) is 30.3 Å². The zero-order valence-electron chi connectivity index (χ0n) is 12.1. The summed E-state index contributed by atoms with van der Waals surface area (Å²) in [6.07, 6.45) is 6.02. The molecule has 2 atom stereocenters. The van der Waals surface area contributed by atoms with Gasteiger partial charge in [-0.1, -0.05) is 18.2 Å². The molecule has 112 valence electrons. The molecular formula is C17H21NO3. The third-order valence-electron chi connectivity index (χ3n) is 4.34. The van der Waals surface area contributed by atoms with Crippen LogP contribution in [0.4, 0.5) is 5.69 Å². The first-order valence-electron chi connectivity index (χ1n) is 7.46. The van der Waals surface area contributed by atoms with Crippen molar-refractivity contribution in [1.29, 1.82) is 0 Å². The summed E-state index contributed by atoms with van der Waals surface area (Å²) in [5.41, 5.74) is 7.15. The Labute approximate surface area is 124 Å². The Kier molecular flexibility index (Phi) is 4.08. The van der Waals surface area contributed by atoms with Crippen molar-refractivity contribution in [1.82, 2.24) is 0 Å². The van der Waals surface area contributed by atoms with Crippen molar-refractivity contribution in [2.24, 2.45) is 5.92 Å². The number of ketones is 1. The molecule has 2 saturated heterocycles. The fourth-order valence-electron chi connectivity index (χ4n) is 3.06. The third kappa shape index (κ3) is 3.34. The Bertz CT molecular complexity index is 529. The molecule has 4 heteroatoms. The molecule has 0 amide bonds. The molecular weight excluding hydrogens is 266 g/mol. The molecule has 1 aromatic rings. The van der Waals surface area contributed by atoms with Crippen LogP contribution in [-0.2, 0) is 14.3 Å². The first kappa shape index (κ1) is 14.3. The quantitative estimate of drug-likeness (QED) is 0.685. The first-order valence-corrected chi connectivity index (χ1v) is 7.46. The van der Waals surface area contributed by atoms with E-state index in [1.165, 1.54) is 0 Å². The van der Waals surface area contributed by atoms with Crippen LogP contribution in [0.3, 0.4) is 0 Å². The summed E-state index contributed by atoms with van der Waals surface area (Å²) < 4.78 is 11.3. The lowest BCUT2D eigenvalue weighted by Gasteiger charge is -2.36. The van der Waals surface area contributed by atoms with Crippen molar-refractivity contribution >= 4 is 17.5 Å². The van der Waals surface area contributed by atoms with Crippen LogP contribution in [0.25, 0.3) is 6.08 Å². The number of nitrogens with two attached hydrogens (primary N) is 1. The number of allylic oxidation sites excluding steroid dienone is 1. The number of carbonyl (C=O) groups is 1. The van der Waals surface area contributed by atoms with E-state index in [-0.39, 0.29) is 17.3 Å². The van der Waals surface area contributed by atoms with Crippen LogP contribution < -0.4 is 5.73 Å². The summed E-state index contributed by atoms with van der Waals surface area (Å²) in [6.45, 7) is 2.01. The number of anilines is 1. The van der Waals surface area contributed by atoms with E-state index in [9.17, 15) is 4.79 Å². The molecule has 2 fully saturated rings. The minimum absolute atomic E-state index is 0.0467. The number of nitrogen functional groups attached to an aromatic ring is 1. The highest BCUT2D eigenvalue weighted by Gasteiger charge is 2.42. The van der Waals surface area contributed by atoms with Gasteiger partial charge in [-0.05, 0) is 36.6 Å². The molecule has 2 aliphatic heterocycles. The molecule has 0 aliphatic carbocycles. The molecule has 0 bridgehead atoms. The number of ether oxygens (including phenoxy) is 2. The van der Waals surface area contributed by atoms with Crippen LogP contribution in [0.2, 0.25) is 0 Å². The zero-order valence-corrected chi connectivity index (χ0v) is 12.1. The van der Waals surface area contributed by atoms with Crippen LogP contribution in [0.1, 0.15) is 24.8 Å².